The van der Waals surface area contributed by atoms with Crippen LogP contribution in [-0.4, -0.2) is 33.8 Å². The molecule has 1 saturated heterocycles. The van der Waals surface area contributed by atoms with E-state index >= 15 is 0 Å². The van der Waals surface area contributed by atoms with Crippen LogP contribution in [0.3, 0.4) is 0 Å². The molecule has 0 unspecified atom stereocenters. The van der Waals surface area contributed by atoms with E-state index in [9.17, 15) is 4.79 Å². The first kappa shape index (κ1) is 21.1. The van der Waals surface area contributed by atoms with Gasteiger partial charge in [0.2, 0.25) is 0 Å². The van der Waals surface area contributed by atoms with Gasteiger partial charge in [0, 0.05) is 18.0 Å². The van der Waals surface area contributed by atoms with Gasteiger partial charge in [-0.25, -0.2) is 9.78 Å². The van der Waals surface area contributed by atoms with Crippen molar-refractivity contribution >= 4 is 5.97 Å². The van der Waals surface area contributed by atoms with Crippen LogP contribution < -0.4 is 0 Å². The summed E-state index contributed by atoms with van der Waals surface area (Å²) in [6, 6.07) is 11.1. The Bertz CT molecular complexity index is 1090. The van der Waals surface area contributed by atoms with Crippen LogP contribution in [0.25, 0.3) is 22.8 Å². The first-order valence-corrected chi connectivity index (χ1v) is 10.4. The Kier molecular flexibility index (Phi) is 6.06. The maximum Gasteiger partial charge on any atom is 0.338 e. The number of nitrogens with zero attached hydrogens (tertiary/aromatic N) is 3. The van der Waals surface area contributed by atoms with Gasteiger partial charge < -0.3 is 14.2 Å². The van der Waals surface area contributed by atoms with E-state index < -0.39 is 12.3 Å². The number of carbonyl (C=O) groups excluding carboxylic acids is 1. The second-order valence-electron chi connectivity index (χ2n) is 7.62. The Balaban J connectivity index is 1.78. The Morgan fingerprint density at radius 2 is 1.65 bits per heavy atom. The third kappa shape index (κ3) is 4.62. The fourth-order valence-corrected chi connectivity index (χ4v) is 3.32. The lowest BCUT2D eigenvalue weighted by atomic mass is 10.0. The average molecular weight is 419 g/mol. The van der Waals surface area contributed by atoms with Crippen molar-refractivity contribution in [3.05, 3.63) is 65.5 Å². The molecule has 0 atom stereocenters. The predicted octanol–water partition coefficient (Wildman–Crippen LogP) is 4.90. The quantitative estimate of drug-likeness (QED) is 0.526. The molecular formula is C24H25N3O4. The van der Waals surface area contributed by atoms with Gasteiger partial charge in [-0.15, -0.1) is 0 Å². The first-order chi connectivity index (χ1) is 14.9. The third-order valence-corrected chi connectivity index (χ3v) is 5.00. The Hall–Kier alpha value is -3.16. The average Bonchev–Trinajstić information content (AvgIpc) is 2.77. The number of rotatable bonds is 6. The van der Waals surface area contributed by atoms with Crippen molar-refractivity contribution in [3.8, 4) is 22.8 Å². The van der Waals surface area contributed by atoms with Crippen LogP contribution in [0.4, 0.5) is 0 Å². The number of ether oxygens (including phenoxy) is 3. The minimum atomic E-state index is -0.422. The van der Waals surface area contributed by atoms with E-state index in [4.69, 9.17) is 19.2 Å². The molecule has 7 nitrogen and oxygen atoms in total. The molecule has 0 N–H and O–H groups in total. The summed E-state index contributed by atoms with van der Waals surface area (Å²) in [6.45, 7) is 8.14. The molecule has 4 rings (SSSR count). The van der Waals surface area contributed by atoms with E-state index in [0.717, 1.165) is 11.1 Å². The van der Waals surface area contributed by atoms with Crippen molar-refractivity contribution in [1.82, 2.24) is 15.0 Å². The van der Waals surface area contributed by atoms with Gasteiger partial charge in [0.05, 0.1) is 34.9 Å². The summed E-state index contributed by atoms with van der Waals surface area (Å²) < 4.78 is 16.4. The fraction of sp³-hybridized carbons (Fsp3) is 0.333. The Labute approximate surface area is 181 Å². The van der Waals surface area contributed by atoms with E-state index in [-0.39, 0.29) is 12.9 Å². The molecule has 160 valence electrons. The Morgan fingerprint density at radius 1 is 1.00 bits per heavy atom. The zero-order valence-electron chi connectivity index (χ0n) is 18.0. The highest BCUT2D eigenvalue weighted by Gasteiger charge is 2.29. The van der Waals surface area contributed by atoms with Crippen LogP contribution in [0.15, 0.2) is 48.8 Å². The molecule has 4 heterocycles. The SMILES string of the molecule is CCOC(=O)c1cc(-c2cc(C(C)C)ccn2)nc(-c2cc(C3OC(C)O3)ccn2)c1. The van der Waals surface area contributed by atoms with Crippen molar-refractivity contribution in [2.45, 2.75) is 46.2 Å². The van der Waals surface area contributed by atoms with Crippen LogP contribution in [0.2, 0.25) is 0 Å². The number of esters is 1. The number of pyridine rings is 3. The summed E-state index contributed by atoms with van der Waals surface area (Å²) >= 11 is 0. The molecule has 0 aliphatic carbocycles. The molecule has 1 fully saturated rings. The maximum absolute atomic E-state index is 12.5. The molecule has 0 aromatic carbocycles. The highest BCUT2D eigenvalue weighted by atomic mass is 16.9. The smallest absolute Gasteiger partial charge is 0.338 e. The van der Waals surface area contributed by atoms with Crippen LogP contribution in [0.5, 0.6) is 0 Å². The van der Waals surface area contributed by atoms with E-state index in [2.05, 4.69) is 23.8 Å². The van der Waals surface area contributed by atoms with Crippen LogP contribution in [-0.2, 0) is 14.2 Å². The van der Waals surface area contributed by atoms with E-state index in [0.29, 0.717) is 34.3 Å². The number of aromatic nitrogens is 3. The third-order valence-electron chi connectivity index (χ3n) is 5.00. The van der Waals surface area contributed by atoms with Gasteiger partial charge in [0.1, 0.15) is 0 Å². The molecule has 0 radical (unpaired) electrons. The minimum absolute atomic E-state index is 0.224. The highest BCUT2D eigenvalue weighted by Crippen LogP contribution is 2.33. The maximum atomic E-state index is 12.5. The molecule has 7 heteroatoms. The largest absolute Gasteiger partial charge is 0.462 e. The van der Waals surface area contributed by atoms with Crippen LogP contribution in [0.1, 0.15) is 61.4 Å². The molecular weight excluding hydrogens is 394 g/mol. The van der Waals surface area contributed by atoms with Crippen LogP contribution in [0, 0.1) is 0 Å². The lowest BCUT2D eigenvalue weighted by Crippen LogP contribution is -2.31. The van der Waals surface area contributed by atoms with E-state index in [1.54, 1.807) is 31.5 Å². The molecule has 0 spiro atoms. The topological polar surface area (TPSA) is 83.4 Å². The minimum Gasteiger partial charge on any atom is -0.462 e. The summed E-state index contributed by atoms with van der Waals surface area (Å²) in [6.07, 6.45) is 2.79. The predicted molar refractivity (Wildman–Crippen MR) is 115 cm³/mol. The van der Waals surface area contributed by atoms with Gasteiger partial charge in [0.15, 0.2) is 12.6 Å². The van der Waals surface area contributed by atoms with Gasteiger partial charge >= 0.3 is 5.97 Å². The summed E-state index contributed by atoms with van der Waals surface area (Å²) in [5.41, 5.74) is 4.81. The zero-order chi connectivity index (χ0) is 22.0. The molecule has 3 aromatic heterocycles. The molecule has 0 amide bonds. The second-order valence-corrected chi connectivity index (χ2v) is 7.62. The van der Waals surface area contributed by atoms with Crippen molar-refractivity contribution < 1.29 is 19.0 Å². The fourth-order valence-electron chi connectivity index (χ4n) is 3.32. The second kappa shape index (κ2) is 8.91. The summed E-state index contributed by atoms with van der Waals surface area (Å²) in [4.78, 5) is 26.2. The molecule has 0 saturated carbocycles. The lowest BCUT2D eigenvalue weighted by Gasteiger charge is -2.33. The van der Waals surface area contributed by atoms with Crippen molar-refractivity contribution in [3.63, 3.8) is 0 Å². The molecule has 31 heavy (non-hydrogen) atoms. The van der Waals surface area contributed by atoms with E-state index in [1.165, 1.54) is 0 Å². The number of carbonyl (C=O) groups is 1. The number of hydrogen-bond donors (Lipinski definition) is 0. The number of hydrogen-bond acceptors (Lipinski definition) is 7. The first-order valence-electron chi connectivity index (χ1n) is 10.4. The van der Waals surface area contributed by atoms with Gasteiger partial charge in [-0.1, -0.05) is 13.8 Å². The van der Waals surface area contributed by atoms with Crippen LogP contribution >= 0.6 is 0 Å². The molecule has 1 aliphatic rings. The molecule has 1 aliphatic heterocycles. The summed E-state index contributed by atoms with van der Waals surface area (Å²) in [7, 11) is 0. The monoisotopic (exact) mass is 419 g/mol. The van der Waals surface area contributed by atoms with Gasteiger partial charge in [-0.05, 0) is 61.7 Å². The van der Waals surface area contributed by atoms with Crippen molar-refractivity contribution in [2.75, 3.05) is 6.61 Å². The summed E-state index contributed by atoms with van der Waals surface area (Å²) in [5.74, 6) is -0.0688. The zero-order valence-corrected chi connectivity index (χ0v) is 18.0. The standard InChI is InChI=1S/C24H25N3O4/c1-5-29-23(28)18-12-21(19-10-16(14(2)3)6-8-25-19)27-22(13-18)20-11-17(7-9-26-20)24-30-15(4)31-24/h6-15,24H,5H2,1-4H3. The van der Waals surface area contributed by atoms with E-state index in [1.807, 2.05) is 31.2 Å². The van der Waals surface area contributed by atoms with Gasteiger partial charge in [-0.3, -0.25) is 9.97 Å². The normalized spacial score (nSPS) is 18.0. The summed E-state index contributed by atoms with van der Waals surface area (Å²) in [5, 5.41) is 0. The van der Waals surface area contributed by atoms with Crippen molar-refractivity contribution in [2.24, 2.45) is 0 Å². The lowest BCUT2D eigenvalue weighted by molar-refractivity contribution is -0.382. The van der Waals surface area contributed by atoms with Gasteiger partial charge in [-0.2, -0.15) is 0 Å². The Morgan fingerprint density at radius 3 is 2.26 bits per heavy atom. The van der Waals surface area contributed by atoms with Crippen molar-refractivity contribution in [1.29, 1.82) is 0 Å². The molecule has 0 bridgehead atoms. The molecule has 3 aromatic rings. The highest BCUT2D eigenvalue weighted by molar-refractivity contribution is 5.92. The van der Waals surface area contributed by atoms with Gasteiger partial charge in [0.25, 0.3) is 0 Å².